The van der Waals surface area contributed by atoms with Gasteiger partial charge in [0.1, 0.15) is 28.5 Å². The number of carbonyl (C=O) groups is 4. The number of carbonyl (C=O) groups excluding carboxylic acids is 4. The summed E-state index contributed by atoms with van der Waals surface area (Å²) in [6, 6.07) is 6.95. The Balaban J connectivity index is 0.000000152. The van der Waals surface area contributed by atoms with Gasteiger partial charge in [0.15, 0.2) is 0 Å². The lowest BCUT2D eigenvalue weighted by atomic mass is 9.87. The van der Waals surface area contributed by atoms with Crippen LogP contribution in [0.15, 0.2) is 48.6 Å². The predicted octanol–water partition coefficient (Wildman–Crippen LogP) is 5.18. The molecule has 186 valence electrons. The Bertz CT molecular complexity index is 1540. The van der Waals surface area contributed by atoms with Crippen molar-refractivity contribution in [3.63, 3.8) is 0 Å². The molecule has 2 heterocycles. The van der Waals surface area contributed by atoms with Crippen LogP contribution in [0.1, 0.15) is 70.7 Å². The molecule has 6 rings (SSSR count). The van der Waals surface area contributed by atoms with E-state index in [1.165, 1.54) is 6.08 Å². The van der Waals surface area contributed by atoms with Crippen LogP contribution in [0, 0.1) is 0 Å². The SMILES string of the molecule is CC1(C)C=Cc2c(ccc3c2C(=O)C(=O)C=C3)O1.CC1(C)C=Cc2c(ccc3c2C(=O)C(=O)C=C3O)O1. The quantitative estimate of drug-likeness (QED) is 0.501. The molecule has 2 aromatic rings. The third-order valence-corrected chi connectivity index (χ3v) is 6.35. The van der Waals surface area contributed by atoms with Crippen LogP contribution in [0.5, 0.6) is 11.5 Å². The van der Waals surface area contributed by atoms with Crippen molar-refractivity contribution < 1.29 is 33.8 Å². The molecule has 2 aromatic carbocycles. The van der Waals surface area contributed by atoms with Gasteiger partial charge in [0.25, 0.3) is 0 Å². The van der Waals surface area contributed by atoms with Crippen molar-refractivity contribution in [1.29, 1.82) is 0 Å². The highest BCUT2D eigenvalue weighted by Crippen LogP contribution is 2.38. The van der Waals surface area contributed by atoms with E-state index in [0.29, 0.717) is 33.8 Å². The van der Waals surface area contributed by atoms with Crippen LogP contribution < -0.4 is 9.47 Å². The number of rotatable bonds is 0. The highest BCUT2D eigenvalue weighted by atomic mass is 16.5. The molecule has 7 heteroatoms. The second kappa shape index (κ2) is 8.27. The highest BCUT2D eigenvalue weighted by molar-refractivity contribution is 6.51. The van der Waals surface area contributed by atoms with Crippen LogP contribution in [0.3, 0.4) is 0 Å². The fraction of sp³-hybridized carbons (Fsp3) is 0.200. The van der Waals surface area contributed by atoms with Gasteiger partial charge in [-0.25, -0.2) is 0 Å². The third-order valence-electron chi connectivity index (χ3n) is 6.35. The van der Waals surface area contributed by atoms with Gasteiger partial charge in [0, 0.05) is 33.9 Å². The molecule has 0 amide bonds. The summed E-state index contributed by atoms with van der Waals surface area (Å²) in [4.78, 5) is 47.0. The fourth-order valence-corrected chi connectivity index (χ4v) is 4.53. The van der Waals surface area contributed by atoms with E-state index >= 15 is 0 Å². The zero-order valence-electron chi connectivity index (χ0n) is 20.7. The Morgan fingerprint density at radius 3 is 1.81 bits per heavy atom. The van der Waals surface area contributed by atoms with Crippen LogP contribution >= 0.6 is 0 Å². The first-order valence-electron chi connectivity index (χ1n) is 11.7. The molecule has 0 bridgehead atoms. The first kappa shape index (κ1) is 24.2. The topological polar surface area (TPSA) is 107 Å². The summed E-state index contributed by atoms with van der Waals surface area (Å²) in [5, 5.41) is 9.78. The number of hydrogen-bond donors (Lipinski definition) is 1. The number of allylic oxidation sites excluding steroid dienone is 2. The summed E-state index contributed by atoms with van der Waals surface area (Å²) >= 11 is 0. The average molecular weight is 497 g/mol. The molecule has 0 radical (unpaired) electrons. The summed E-state index contributed by atoms with van der Waals surface area (Å²) in [6.07, 6.45) is 11.3. The van der Waals surface area contributed by atoms with Crippen molar-refractivity contribution in [3.05, 3.63) is 82.0 Å². The van der Waals surface area contributed by atoms with E-state index in [2.05, 4.69) is 0 Å². The van der Waals surface area contributed by atoms with Crippen molar-refractivity contribution >= 4 is 47.1 Å². The van der Waals surface area contributed by atoms with Gasteiger partial charge in [0.05, 0.1) is 0 Å². The molecule has 0 saturated carbocycles. The Morgan fingerprint density at radius 1 is 0.649 bits per heavy atom. The second-order valence-electron chi connectivity index (χ2n) is 10.2. The van der Waals surface area contributed by atoms with E-state index in [9.17, 15) is 24.3 Å². The third kappa shape index (κ3) is 4.22. The molecule has 0 saturated heterocycles. The Kier molecular flexibility index (Phi) is 5.40. The minimum absolute atomic E-state index is 0.180. The van der Waals surface area contributed by atoms with E-state index in [0.717, 1.165) is 11.6 Å². The maximum atomic E-state index is 12.0. The number of aliphatic hydroxyl groups is 1. The van der Waals surface area contributed by atoms with Crippen molar-refractivity contribution in [2.75, 3.05) is 0 Å². The molecule has 0 atom stereocenters. The Hall–Kier alpha value is -4.52. The van der Waals surface area contributed by atoms with Gasteiger partial charge in [-0.05, 0) is 69.7 Å². The first-order valence-corrected chi connectivity index (χ1v) is 11.7. The molecule has 0 fully saturated rings. The second-order valence-corrected chi connectivity index (χ2v) is 10.2. The first-order chi connectivity index (χ1) is 17.4. The molecule has 2 aliphatic heterocycles. The maximum Gasteiger partial charge on any atom is 0.234 e. The predicted molar refractivity (Wildman–Crippen MR) is 139 cm³/mol. The van der Waals surface area contributed by atoms with E-state index in [-0.39, 0.29) is 11.3 Å². The summed E-state index contributed by atoms with van der Waals surface area (Å²) < 4.78 is 11.5. The van der Waals surface area contributed by atoms with Gasteiger partial charge < -0.3 is 14.6 Å². The van der Waals surface area contributed by atoms with E-state index in [1.807, 2.05) is 58.1 Å². The lowest BCUT2D eigenvalue weighted by Gasteiger charge is -2.29. The standard InChI is InChI=1S/C15H12O4.C15H12O3/c1-15(2)6-5-9-12(19-15)4-3-8-10(16)7-11(17)14(18)13(8)9;1-15(2)8-7-10-12(18-15)6-4-9-3-5-11(16)14(17)13(9)10/h3-7,16H,1-2H3;3-8H,1-2H3. The molecule has 2 aliphatic carbocycles. The van der Waals surface area contributed by atoms with Gasteiger partial charge in [-0.2, -0.15) is 0 Å². The maximum absolute atomic E-state index is 12.0. The number of ketones is 4. The Morgan fingerprint density at radius 2 is 1.19 bits per heavy atom. The lowest BCUT2D eigenvalue weighted by molar-refractivity contribution is -0.111. The van der Waals surface area contributed by atoms with Gasteiger partial charge in [0.2, 0.25) is 23.1 Å². The monoisotopic (exact) mass is 496 g/mol. The molecule has 4 aliphatic rings. The molecule has 0 aromatic heterocycles. The van der Waals surface area contributed by atoms with Gasteiger partial charge in [-0.1, -0.05) is 24.3 Å². The van der Waals surface area contributed by atoms with E-state index in [4.69, 9.17) is 9.47 Å². The number of fused-ring (bicyclic) bond motifs is 6. The number of hydrogen-bond acceptors (Lipinski definition) is 7. The van der Waals surface area contributed by atoms with E-state index in [1.54, 1.807) is 24.3 Å². The molecular weight excluding hydrogens is 472 g/mol. The molecule has 1 N–H and O–H groups in total. The van der Waals surface area contributed by atoms with Crippen molar-refractivity contribution in [2.45, 2.75) is 38.9 Å². The van der Waals surface area contributed by atoms with E-state index < -0.39 is 34.3 Å². The number of aliphatic hydroxyl groups excluding tert-OH is 1. The minimum atomic E-state index is -0.711. The summed E-state index contributed by atoms with van der Waals surface area (Å²) in [7, 11) is 0. The minimum Gasteiger partial charge on any atom is -0.507 e. The van der Waals surface area contributed by atoms with Crippen molar-refractivity contribution in [2.24, 2.45) is 0 Å². The molecule has 7 nitrogen and oxygen atoms in total. The summed E-state index contributed by atoms with van der Waals surface area (Å²) in [5.41, 5.74) is 2.22. The van der Waals surface area contributed by atoms with Crippen LogP contribution in [-0.4, -0.2) is 39.4 Å². The zero-order chi connectivity index (χ0) is 26.7. The summed E-state index contributed by atoms with van der Waals surface area (Å²) in [6.45, 7) is 7.68. The number of ether oxygens (including phenoxy) is 2. The van der Waals surface area contributed by atoms with Gasteiger partial charge in [-0.3, -0.25) is 19.2 Å². The fourth-order valence-electron chi connectivity index (χ4n) is 4.53. The molecule has 0 spiro atoms. The number of Topliss-reactive ketones (excluding diaryl/α,β-unsaturated/α-hetero) is 2. The smallest absolute Gasteiger partial charge is 0.234 e. The Labute approximate surface area is 213 Å². The molecular formula is C30H24O7. The summed E-state index contributed by atoms with van der Waals surface area (Å²) in [5.74, 6) is -1.25. The molecule has 37 heavy (non-hydrogen) atoms. The van der Waals surface area contributed by atoms with Crippen molar-refractivity contribution in [3.8, 4) is 11.5 Å². The van der Waals surface area contributed by atoms with Crippen LogP contribution in [-0.2, 0) is 9.59 Å². The zero-order valence-corrected chi connectivity index (χ0v) is 20.7. The lowest BCUT2D eigenvalue weighted by Crippen LogP contribution is -2.29. The van der Waals surface area contributed by atoms with Crippen molar-refractivity contribution in [1.82, 2.24) is 0 Å². The average Bonchev–Trinajstić information content (AvgIpc) is 2.83. The van der Waals surface area contributed by atoms with Gasteiger partial charge in [-0.15, -0.1) is 0 Å². The highest BCUT2D eigenvalue weighted by Gasteiger charge is 2.33. The normalized spacial score (nSPS) is 19.3. The number of benzene rings is 2. The largest absolute Gasteiger partial charge is 0.507 e. The van der Waals surface area contributed by atoms with Crippen LogP contribution in [0.25, 0.3) is 24.0 Å². The van der Waals surface area contributed by atoms with Crippen LogP contribution in [0.2, 0.25) is 0 Å². The van der Waals surface area contributed by atoms with Crippen LogP contribution in [0.4, 0.5) is 0 Å². The molecule has 0 unspecified atom stereocenters. The van der Waals surface area contributed by atoms with Gasteiger partial charge >= 0.3 is 0 Å².